The average Bonchev–Trinajstić information content (AvgIpc) is 2.38. The Bertz CT molecular complexity index is 191. The zero-order valence-corrected chi connectivity index (χ0v) is 12.3. The third kappa shape index (κ3) is 6.72. The maximum atomic E-state index is 5.90. The van der Waals surface area contributed by atoms with Gasteiger partial charge in [0.05, 0.1) is 6.10 Å². The van der Waals surface area contributed by atoms with E-state index in [0.29, 0.717) is 17.9 Å². The number of hydrogen-bond acceptors (Lipinski definition) is 3. The van der Waals surface area contributed by atoms with Crippen molar-refractivity contribution in [3.63, 3.8) is 0 Å². The highest BCUT2D eigenvalue weighted by Gasteiger charge is 2.13. The first kappa shape index (κ1) is 15.9. The Morgan fingerprint density at radius 1 is 1.22 bits per heavy atom. The molecule has 1 aliphatic rings. The zero-order valence-electron chi connectivity index (χ0n) is 12.3. The lowest BCUT2D eigenvalue weighted by atomic mass is 9.96. The normalized spacial score (nSPS) is 19.3. The molecule has 1 unspecified atom stereocenters. The standard InChI is InChI=1S/C15H32N2O/c1-13(2)14(11-16)12-17-9-6-10-18-15-7-4-3-5-8-15/h13-15,17H,3-12,16H2,1-2H3. The molecule has 1 rings (SSSR count). The lowest BCUT2D eigenvalue weighted by Crippen LogP contribution is -2.32. The van der Waals surface area contributed by atoms with Crippen LogP contribution in [0.25, 0.3) is 0 Å². The second-order valence-corrected chi connectivity index (χ2v) is 5.93. The Hall–Kier alpha value is -0.120. The molecule has 3 nitrogen and oxygen atoms in total. The van der Waals surface area contributed by atoms with Crippen LogP contribution in [0.3, 0.4) is 0 Å². The second kappa shape index (κ2) is 9.76. The molecule has 0 spiro atoms. The van der Waals surface area contributed by atoms with E-state index in [1.165, 1.54) is 32.1 Å². The van der Waals surface area contributed by atoms with Crippen LogP contribution >= 0.6 is 0 Å². The molecule has 1 aliphatic carbocycles. The Labute approximate surface area is 113 Å². The molecule has 1 atom stereocenters. The topological polar surface area (TPSA) is 47.3 Å². The van der Waals surface area contributed by atoms with Gasteiger partial charge in [0, 0.05) is 6.61 Å². The molecule has 0 aromatic rings. The number of ether oxygens (including phenoxy) is 1. The fourth-order valence-corrected chi connectivity index (χ4v) is 2.56. The van der Waals surface area contributed by atoms with Gasteiger partial charge in [-0.2, -0.15) is 0 Å². The summed E-state index contributed by atoms with van der Waals surface area (Å²) >= 11 is 0. The summed E-state index contributed by atoms with van der Waals surface area (Å²) in [4.78, 5) is 0. The molecule has 108 valence electrons. The molecule has 0 heterocycles. The van der Waals surface area contributed by atoms with Crippen molar-refractivity contribution in [2.75, 3.05) is 26.2 Å². The largest absolute Gasteiger partial charge is 0.378 e. The summed E-state index contributed by atoms with van der Waals surface area (Å²) in [6.45, 7) is 8.26. The van der Waals surface area contributed by atoms with Gasteiger partial charge in [-0.3, -0.25) is 0 Å². The van der Waals surface area contributed by atoms with Gasteiger partial charge in [-0.25, -0.2) is 0 Å². The maximum Gasteiger partial charge on any atom is 0.0575 e. The van der Waals surface area contributed by atoms with Gasteiger partial charge in [-0.1, -0.05) is 33.1 Å². The molecule has 0 aromatic carbocycles. The molecular formula is C15H32N2O. The highest BCUT2D eigenvalue weighted by Crippen LogP contribution is 2.20. The second-order valence-electron chi connectivity index (χ2n) is 5.93. The van der Waals surface area contributed by atoms with Crippen molar-refractivity contribution in [1.82, 2.24) is 5.32 Å². The molecule has 0 aliphatic heterocycles. The third-order valence-electron chi connectivity index (χ3n) is 4.06. The van der Waals surface area contributed by atoms with Crippen molar-refractivity contribution in [2.45, 2.75) is 58.5 Å². The molecule has 0 amide bonds. The average molecular weight is 256 g/mol. The van der Waals surface area contributed by atoms with Crippen molar-refractivity contribution < 1.29 is 4.74 Å². The van der Waals surface area contributed by atoms with Gasteiger partial charge in [-0.15, -0.1) is 0 Å². The fraction of sp³-hybridized carbons (Fsp3) is 1.00. The monoisotopic (exact) mass is 256 g/mol. The molecule has 0 aromatic heterocycles. The van der Waals surface area contributed by atoms with Crippen LogP contribution in [-0.4, -0.2) is 32.3 Å². The summed E-state index contributed by atoms with van der Waals surface area (Å²) < 4.78 is 5.90. The van der Waals surface area contributed by atoms with Crippen LogP contribution < -0.4 is 11.1 Å². The van der Waals surface area contributed by atoms with Gasteiger partial charge >= 0.3 is 0 Å². The van der Waals surface area contributed by atoms with E-state index < -0.39 is 0 Å². The van der Waals surface area contributed by atoms with E-state index >= 15 is 0 Å². The van der Waals surface area contributed by atoms with E-state index in [1.54, 1.807) is 0 Å². The van der Waals surface area contributed by atoms with E-state index in [0.717, 1.165) is 32.7 Å². The van der Waals surface area contributed by atoms with Crippen molar-refractivity contribution in [3.05, 3.63) is 0 Å². The Morgan fingerprint density at radius 3 is 2.56 bits per heavy atom. The summed E-state index contributed by atoms with van der Waals surface area (Å²) in [5.41, 5.74) is 5.75. The van der Waals surface area contributed by atoms with Gasteiger partial charge in [-0.05, 0) is 50.7 Å². The quantitative estimate of drug-likeness (QED) is 0.623. The molecule has 0 radical (unpaired) electrons. The van der Waals surface area contributed by atoms with E-state index in [9.17, 15) is 0 Å². The van der Waals surface area contributed by atoms with Crippen LogP contribution in [0.5, 0.6) is 0 Å². The highest BCUT2D eigenvalue weighted by atomic mass is 16.5. The van der Waals surface area contributed by atoms with Crippen LogP contribution in [0, 0.1) is 11.8 Å². The van der Waals surface area contributed by atoms with Gasteiger partial charge in [0.2, 0.25) is 0 Å². The number of rotatable bonds is 9. The lowest BCUT2D eigenvalue weighted by molar-refractivity contribution is 0.0272. The van der Waals surface area contributed by atoms with E-state index in [4.69, 9.17) is 10.5 Å². The van der Waals surface area contributed by atoms with E-state index in [-0.39, 0.29) is 0 Å². The maximum absolute atomic E-state index is 5.90. The molecule has 3 heteroatoms. The highest BCUT2D eigenvalue weighted by molar-refractivity contribution is 4.67. The van der Waals surface area contributed by atoms with Crippen LogP contribution in [0.15, 0.2) is 0 Å². The Kier molecular flexibility index (Phi) is 8.64. The lowest BCUT2D eigenvalue weighted by Gasteiger charge is -2.22. The summed E-state index contributed by atoms with van der Waals surface area (Å²) in [5.74, 6) is 1.27. The smallest absolute Gasteiger partial charge is 0.0575 e. The predicted octanol–water partition coefficient (Wildman–Crippen LogP) is 2.55. The first-order valence-corrected chi connectivity index (χ1v) is 7.76. The number of hydrogen-bond donors (Lipinski definition) is 2. The molecular weight excluding hydrogens is 224 g/mol. The van der Waals surface area contributed by atoms with Crippen LogP contribution in [0.1, 0.15) is 52.4 Å². The van der Waals surface area contributed by atoms with Crippen molar-refractivity contribution >= 4 is 0 Å². The summed E-state index contributed by atoms with van der Waals surface area (Å²) in [6.07, 6.45) is 8.33. The molecule has 18 heavy (non-hydrogen) atoms. The predicted molar refractivity (Wildman–Crippen MR) is 77.7 cm³/mol. The SMILES string of the molecule is CC(C)C(CN)CNCCCOC1CCCCC1. The minimum Gasteiger partial charge on any atom is -0.378 e. The molecule has 0 bridgehead atoms. The van der Waals surface area contributed by atoms with E-state index in [1.807, 2.05) is 0 Å². The first-order valence-electron chi connectivity index (χ1n) is 7.76. The number of nitrogens with one attached hydrogen (secondary N) is 1. The zero-order chi connectivity index (χ0) is 13.2. The Morgan fingerprint density at radius 2 is 1.94 bits per heavy atom. The minimum atomic E-state index is 0.547. The van der Waals surface area contributed by atoms with Crippen LogP contribution in [-0.2, 0) is 4.74 Å². The van der Waals surface area contributed by atoms with Gasteiger partial charge in [0.1, 0.15) is 0 Å². The van der Waals surface area contributed by atoms with Gasteiger partial charge < -0.3 is 15.8 Å². The molecule has 1 fully saturated rings. The summed E-state index contributed by atoms with van der Waals surface area (Å²) in [5, 5.41) is 3.50. The summed E-state index contributed by atoms with van der Waals surface area (Å²) in [7, 11) is 0. The first-order chi connectivity index (χ1) is 8.74. The van der Waals surface area contributed by atoms with Crippen molar-refractivity contribution in [1.29, 1.82) is 0 Å². The van der Waals surface area contributed by atoms with Gasteiger partial charge in [0.25, 0.3) is 0 Å². The number of nitrogens with two attached hydrogens (primary N) is 1. The molecule has 3 N–H and O–H groups in total. The minimum absolute atomic E-state index is 0.547. The third-order valence-corrected chi connectivity index (χ3v) is 4.06. The van der Waals surface area contributed by atoms with Crippen LogP contribution in [0.4, 0.5) is 0 Å². The summed E-state index contributed by atoms with van der Waals surface area (Å²) in [6, 6.07) is 0. The fourth-order valence-electron chi connectivity index (χ4n) is 2.56. The molecule has 1 saturated carbocycles. The molecule has 0 saturated heterocycles. The van der Waals surface area contributed by atoms with E-state index in [2.05, 4.69) is 19.2 Å². The van der Waals surface area contributed by atoms with Crippen molar-refractivity contribution in [3.8, 4) is 0 Å². The Balaban J connectivity index is 1.91. The van der Waals surface area contributed by atoms with Gasteiger partial charge in [0.15, 0.2) is 0 Å². The van der Waals surface area contributed by atoms with Crippen LogP contribution in [0.2, 0.25) is 0 Å². The van der Waals surface area contributed by atoms with Crippen molar-refractivity contribution in [2.24, 2.45) is 17.6 Å².